The highest BCUT2D eigenvalue weighted by Gasteiger charge is 2.35. The van der Waals surface area contributed by atoms with Crippen molar-refractivity contribution in [1.82, 2.24) is 0 Å². The second-order valence-corrected chi connectivity index (χ2v) is 7.11. The zero-order valence-electron chi connectivity index (χ0n) is 14.9. The molecule has 0 saturated carbocycles. The van der Waals surface area contributed by atoms with Crippen LogP contribution in [0.25, 0.3) is 0 Å². The molecule has 1 aliphatic heterocycles. The first-order valence-corrected chi connectivity index (χ1v) is 9.40. The molecule has 136 valence electrons. The molecule has 1 fully saturated rings. The minimum Gasteiger partial charge on any atom is -0.326 e. The average molecular weight is 371 g/mol. The molecule has 0 unspecified atom stereocenters. The molecule has 1 N–H and O–H groups in total. The molecule has 5 heteroatoms. The van der Waals surface area contributed by atoms with E-state index in [2.05, 4.69) is 12.2 Å². The first-order chi connectivity index (χ1) is 12.6. The van der Waals surface area contributed by atoms with Crippen molar-refractivity contribution in [3.8, 4) is 0 Å². The summed E-state index contributed by atoms with van der Waals surface area (Å²) in [5, 5.41) is 3.55. The van der Waals surface area contributed by atoms with E-state index in [0.717, 1.165) is 30.6 Å². The summed E-state index contributed by atoms with van der Waals surface area (Å²) in [5.41, 5.74) is 2.82. The van der Waals surface area contributed by atoms with E-state index in [0.29, 0.717) is 11.6 Å². The lowest BCUT2D eigenvalue weighted by atomic mass is 10.1. The number of carbonyl (C=O) groups is 2. The Morgan fingerprint density at radius 1 is 1.15 bits per heavy atom. The summed E-state index contributed by atoms with van der Waals surface area (Å²) >= 11 is 5.90. The van der Waals surface area contributed by atoms with Gasteiger partial charge in [0.25, 0.3) is 0 Å². The molecular weight excluding hydrogens is 348 g/mol. The number of aryl methyl sites for hydroxylation is 1. The van der Waals surface area contributed by atoms with Crippen molar-refractivity contribution in [2.75, 3.05) is 16.8 Å². The largest absolute Gasteiger partial charge is 0.326 e. The summed E-state index contributed by atoms with van der Waals surface area (Å²) in [5.74, 6) is -0.503. The van der Waals surface area contributed by atoms with Gasteiger partial charge in [-0.2, -0.15) is 0 Å². The standard InChI is InChI=1S/C21H23ClN2O2/c1-2-3-4-15-5-9-18(10-6-15)23-21(26)16-13-20(25)24(14-16)19-11-7-17(22)8-12-19/h5-12,16H,2-4,13-14H2,1H3,(H,23,26)/t16-/m1/s1. The predicted molar refractivity (Wildman–Crippen MR) is 106 cm³/mol. The quantitative estimate of drug-likeness (QED) is 0.802. The summed E-state index contributed by atoms with van der Waals surface area (Å²) in [6.45, 7) is 2.56. The third-order valence-electron chi connectivity index (χ3n) is 4.67. The first-order valence-electron chi connectivity index (χ1n) is 9.02. The molecular formula is C21H23ClN2O2. The molecule has 2 amide bonds. The van der Waals surface area contributed by atoms with Gasteiger partial charge in [0.1, 0.15) is 0 Å². The summed E-state index contributed by atoms with van der Waals surface area (Å²) in [6, 6.07) is 15.0. The number of hydrogen-bond acceptors (Lipinski definition) is 2. The molecule has 2 aromatic carbocycles. The van der Waals surface area contributed by atoms with E-state index in [9.17, 15) is 9.59 Å². The van der Waals surface area contributed by atoms with Crippen LogP contribution in [-0.2, 0) is 16.0 Å². The highest BCUT2D eigenvalue weighted by Crippen LogP contribution is 2.27. The molecule has 2 aromatic rings. The van der Waals surface area contributed by atoms with Crippen molar-refractivity contribution in [3.05, 3.63) is 59.1 Å². The highest BCUT2D eigenvalue weighted by atomic mass is 35.5. The van der Waals surface area contributed by atoms with Crippen LogP contribution >= 0.6 is 11.6 Å². The number of benzene rings is 2. The van der Waals surface area contributed by atoms with E-state index in [4.69, 9.17) is 11.6 Å². The molecule has 0 aliphatic carbocycles. The molecule has 26 heavy (non-hydrogen) atoms. The van der Waals surface area contributed by atoms with E-state index >= 15 is 0 Å². The van der Waals surface area contributed by atoms with Gasteiger partial charge in [0, 0.05) is 29.4 Å². The van der Waals surface area contributed by atoms with Crippen LogP contribution < -0.4 is 10.2 Å². The van der Waals surface area contributed by atoms with Crippen molar-refractivity contribution in [2.45, 2.75) is 32.6 Å². The van der Waals surface area contributed by atoms with Gasteiger partial charge in [0.05, 0.1) is 5.92 Å². The average Bonchev–Trinajstić information content (AvgIpc) is 3.04. The van der Waals surface area contributed by atoms with Gasteiger partial charge in [-0.1, -0.05) is 37.1 Å². The summed E-state index contributed by atoms with van der Waals surface area (Å²) < 4.78 is 0. The van der Waals surface area contributed by atoms with Crippen LogP contribution in [0.1, 0.15) is 31.7 Å². The number of amides is 2. The van der Waals surface area contributed by atoms with Crippen molar-refractivity contribution in [3.63, 3.8) is 0 Å². The molecule has 0 radical (unpaired) electrons. The number of unbranched alkanes of at least 4 members (excludes halogenated alkanes) is 1. The molecule has 1 saturated heterocycles. The lowest BCUT2D eigenvalue weighted by molar-refractivity contribution is -0.122. The molecule has 1 aliphatic rings. The Morgan fingerprint density at radius 3 is 2.50 bits per heavy atom. The van der Waals surface area contributed by atoms with Crippen LogP contribution in [0.4, 0.5) is 11.4 Å². The smallest absolute Gasteiger partial charge is 0.229 e. The van der Waals surface area contributed by atoms with E-state index in [-0.39, 0.29) is 24.2 Å². The van der Waals surface area contributed by atoms with E-state index < -0.39 is 0 Å². The normalized spacial score (nSPS) is 16.8. The first kappa shape index (κ1) is 18.5. The van der Waals surface area contributed by atoms with Gasteiger partial charge < -0.3 is 10.2 Å². The predicted octanol–water partition coefficient (Wildman–Crippen LogP) is 4.67. The van der Waals surface area contributed by atoms with Crippen LogP contribution in [0, 0.1) is 5.92 Å². The Labute approximate surface area is 159 Å². The molecule has 0 spiro atoms. The number of hydrogen-bond donors (Lipinski definition) is 1. The fourth-order valence-electron chi connectivity index (χ4n) is 3.13. The Balaban J connectivity index is 1.60. The van der Waals surface area contributed by atoms with Gasteiger partial charge in [-0.05, 0) is 54.8 Å². The minimum atomic E-state index is -0.349. The number of carbonyl (C=O) groups excluding carboxylic acids is 2. The molecule has 3 rings (SSSR count). The third-order valence-corrected chi connectivity index (χ3v) is 4.93. The molecule has 1 atom stereocenters. The van der Waals surface area contributed by atoms with Gasteiger partial charge in [0.2, 0.25) is 11.8 Å². The lowest BCUT2D eigenvalue weighted by Gasteiger charge is -2.16. The monoisotopic (exact) mass is 370 g/mol. The minimum absolute atomic E-state index is 0.0395. The molecule has 1 heterocycles. The van der Waals surface area contributed by atoms with Crippen LogP contribution in [0.2, 0.25) is 5.02 Å². The maximum Gasteiger partial charge on any atom is 0.229 e. The zero-order valence-corrected chi connectivity index (χ0v) is 15.6. The topological polar surface area (TPSA) is 49.4 Å². The van der Waals surface area contributed by atoms with Crippen molar-refractivity contribution in [2.24, 2.45) is 5.92 Å². The van der Waals surface area contributed by atoms with Crippen LogP contribution in [0.3, 0.4) is 0 Å². The third kappa shape index (κ3) is 4.44. The summed E-state index contributed by atoms with van der Waals surface area (Å²) in [6.07, 6.45) is 3.61. The fourth-order valence-corrected chi connectivity index (χ4v) is 3.26. The maximum absolute atomic E-state index is 12.5. The SMILES string of the molecule is CCCCc1ccc(NC(=O)[C@@H]2CC(=O)N(c3ccc(Cl)cc3)C2)cc1. The van der Waals surface area contributed by atoms with E-state index in [1.807, 2.05) is 24.3 Å². The van der Waals surface area contributed by atoms with E-state index in [1.54, 1.807) is 29.2 Å². The second-order valence-electron chi connectivity index (χ2n) is 6.67. The van der Waals surface area contributed by atoms with Gasteiger partial charge in [-0.3, -0.25) is 9.59 Å². The lowest BCUT2D eigenvalue weighted by Crippen LogP contribution is -2.28. The second kappa shape index (κ2) is 8.37. The molecule has 0 bridgehead atoms. The van der Waals surface area contributed by atoms with Crippen LogP contribution in [-0.4, -0.2) is 18.4 Å². The Morgan fingerprint density at radius 2 is 1.85 bits per heavy atom. The summed E-state index contributed by atoms with van der Waals surface area (Å²) in [4.78, 5) is 26.5. The van der Waals surface area contributed by atoms with Gasteiger partial charge >= 0.3 is 0 Å². The van der Waals surface area contributed by atoms with Gasteiger partial charge in [-0.25, -0.2) is 0 Å². The van der Waals surface area contributed by atoms with Crippen molar-refractivity contribution in [1.29, 1.82) is 0 Å². The maximum atomic E-state index is 12.5. The van der Waals surface area contributed by atoms with Crippen LogP contribution in [0.15, 0.2) is 48.5 Å². The molecule has 0 aromatic heterocycles. The number of nitrogens with zero attached hydrogens (tertiary/aromatic N) is 1. The van der Waals surface area contributed by atoms with Crippen molar-refractivity contribution < 1.29 is 9.59 Å². The van der Waals surface area contributed by atoms with Crippen LogP contribution in [0.5, 0.6) is 0 Å². The fraction of sp³-hybridized carbons (Fsp3) is 0.333. The number of nitrogens with one attached hydrogen (secondary N) is 1. The highest BCUT2D eigenvalue weighted by molar-refractivity contribution is 6.30. The Bertz CT molecular complexity index is 772. The summed E-state index contributed by atoms with van der Waals surface area (Å²) in [7, 11) is 0. The van der Waals surface area contributed by atoms with Gasteiger partial charge in [0.15, 0.2) is 0 Å². The number of anilines is 2. The van der Waals surface area contributed by atoms with Crippen molar-refractivity contribution >= 4 is 34.8 Å². The number of halogens is 1. The van der Waals surface area contributed by atoms with Gasteiger partial charge in [-0.15, -0.1) is 0 Å². The Hall–Kier alpha value is -2.33. The number of rotatable bonds is 6. The Kier molecular flexibility index (Phi) is 5.94. The molecule has 4 nitrogen and oxygen atoms in total. The zero-order chi connectivity index (χ0) is 18.5. The van der Waals surface area contributed by atoms with E-state index in [1.165, 1.54) is 5.56 Å².